The highest BCUT2D eigenvalue weighted by molar-refractivity contribution is 5.92. The Labute approximate surface area is 320 Å². The Kier molecular flexibility index (Phi) is 6.59. The Morgan fingerprint density at radius 1 is 0.370 bits per heavy atom. The van der Waals surface area contributed by atoms with Gasteiger partial charge in [0.1, 0.15) is 0 Å². The third-order valence-corrected chi connectivity index (χ3v) is 13.8. The van der Waals surface area contributed by atoms with Crippen LogP contribution in [0.4, 0.5) is 17.1 Å². The summed E-state index contributed by atoms with van der Waals surface area (Å²) in [6.45, 7) is 9.56. The number of benzene rings is 7. The van der Waals surface area contributed by atoms with Gasteiger partial charge in [-0.2, -0.15) is 0 Å². The molecule has 1 saturated carbocycles. The van der Waals surface area contributed by atoms with Crippen molar-refractivity contribution in [3.8, 4) is 44.5 Å². The average Bonchev–Trinajstić information content (AvgIpc) is 3.92. The zero-order valence-electron chi connectivity index (χ0n) is 31.7. The predicted molar refractivity (Wildman–Crippen MR) is 226 cm³/mol. The van der Waals surface area contributed by atoms with Gasteiger partial charge in [0.25, 0.3) is 0 Å². The Balaban J connectivity index is 1.11. The van der Waals surface area contributed by atoms with Gasteiger partial charge in [-0.1, -0.05) is 156 Å². The van der Waals surface area contributed by atoms with Crippen LogP contribution < -0.4 is 4.90 Å². The van der Waals surface area contributed by atoms with Crippen molar-refractivity contribution in [3.63, 3.8) is 0 Å². The van der Waals surface area contributed by atoms with Gasteiger partial charge in [-0.05, 0) is 127 Å². The summed E-state index contributed by atoms with van der Waals surface area (Å²) in [5.74, 6) is 0. The van der Waals surface area contributed by atoms with E-state index < -0.39 is 0 Å². The van der Waals surface area contributed by atoms with Crippen LogP contribution >= 0.6 is 0 Å². The van der Waals surface area contributed by atoms with Gasteiger partial charge in [-0.25, -0.2) is 0 Å². The van der Waals surface area contributed by atoms with E-state index in [0.717, 1.165) is 0 Å². The molecule has 1 heteroatoms. The van der Waals surface area contributed by atoms with Crippen molar-refractivity contribution < 1.29 is 0 Å². The van der Waals surface area contributed by atoms with Crippen molar-refractivity contribution in [2.75, 3.05) is 4.90 Å². The van der Waals surface area contributed by atoms with E-state index in [1.165, 1.54) is 121 Å². The van der Waals surface area contributed by atoms with Crippen LogP contribution in [-0.4, -0.2) is 0 Å². The number of anilines is 3. The van der Waals surface area contributed by atoms with Crippen molar-refractivity contribution >= 4 is 17.1 Å². The van der Waals surface area contributed by atoms with E-state index in [9.17, 15) is 0 Å². The van der Waals surface area contributed by atoms with E-state index in [1.54, 1.807) is 0 Å². The second-order valence-corrected chi connectivity index (χ2v) is 17.2. The molecule has 0 N–H and O–H groups in total. The zero-order valence-corrected chi connectivity index (χ0v) is 31.7. The lowest BCUT2D eigenvalue weighted by atomic mass is 9.76. The molecule has 0 saturated heterocycles. The molecule has 0 amide bonds. The first-order valence-corrected chi connectivity index (χ1v) is 19.9. The molecule has 262 valence electrons. The van der Waals surface area contributed by atoms with E-state index in [-0.39, 0.29) is 16.2 Å². The van der Waals surface area contributed by atoms with Gasteiger partial charge < -0.3 is 4.90 Å². The monoisotopic (exact) mass is 695 g/mol. The highest BCUT2D eigenvalue weighted by Gasteiger charge is 2.45. The lowest BCUT2D eigenvalue weighted by molar-refractivity contribution is 0.550. The molecule has 7 aromatic rings. The average molecular weight is 696 g/mol. The first-order valence-electron chi connectivity index (χ1n) is 19.9. The maximum atomic E-state index is 2.56. The summed E-state index contributed by atoms with van der Waals surface area (Å²) < 4.78 is 0. The number of nitrogens with zero attached hydrogens (tertiary/aromatic N) is 1. The summed E-state index contributed by atoms with van der Waals surface area (Å²) in [6, 6.07) is 57.9. The maximum Gasteiger partial charge on any atom is 0.0467 e. The molecule has 4 aliphatic carbocycles. The summed E-state index contributed by atoms with van der Waals surface area (Å²) >= 11 is 0. The molecule has 0 bridgehead atoms. The number of hydrogen-bond acceptors (Lipinski definition) is 1. The van der Waals surface area contributed by atoms with E-state index in [2.05, 4.69) is 184 Å². The minimum absolute atomic E-state index is 0.0892. The summed E-state index contributed by atoms with van der Waals surface area (Å²) in [4.78, 5) is 2.54. The van der Waals surface area contributed by atoms with Gasteiger partial charge in [-0.3, -0.25) is 0 Å². The lowest BCUT2D eigenvalue weighted by Crippen LogP contribution is -2.21. The molecule has 4 aliphatic rings. The molecule has 11 rings (SSSR count). The molecular formula is C53H45N. The van der Waals surface area contributed by atoms with Crippen LogP contribution in [0.1, 0.15) is 86.8 Å². The number of hydrogen-bond donors (Lipinski definition) is 0. The van der Waals surface area contributed by atoms with E-state index in [0.29, 0.717) is 0 Å². The maximum absolute atomic E-state index is 2.56. The van der Waals surface area contributed by atoms with E-state index >= 15 is 0 Å². The van der Waals surface area contributed by atoms with Crippen LogP contribution in [0.25, 0.3) is 44.5 Å². The molecule has 0 aromatic heterocycles. The van der Waals surface area contributed by atoms with Crippen LogP contribution in [0.5, 0.6) is 0 Å². The molecule has 0 radical (unpaired) electrons. The van der Waals surface area contributed by atoms with Crippen LogP contribution in [-0.2, 0) is 16.2 Å². The quantitative estimate of drug-likeness (QED) is 0.177. The minimum atomic E-state index is -0.0939. The smallest absolute Gasteiger partial charge is 0.0467 e. The van der Waals surface area contributed by atoms with Crippen molar-refractivity contribution in [3.05, 3.63) is 185 Å². The van der Waals surface area contributed by atoms with Gasteiger partial charge in [-0.15, -0.1) is 0 Å². The van der Waals surface area contributed by atoms with Gasteiger partial charge >= 0.3 is 0 Å². The number of fused-ring (bicyclic) bond motifs is 11. The van der Waals surface area contributed by atoms with E-state index in [1.807, 2.05) is 0 Å². The molecule has 54 heavy (non-hydrogen) atoms. The highest BCUT2D eigenvalue weighted by atomic mass is 15.1. The van der Waals surface area contributed by atoms with Crippen molar-refractivity contribution in [1.29, 1.82) is 0 Å². The molecular weight excluding hydrogens is 651 g/mol. The van der Waals surface area contributed by atoms with Crippen LogP contribution in [0.15, 0.2) is 152 Å². The van der Waals surface area contributed by atoms with Gasteiger partial charge in [0.05, 0.1) is 0 Å². The van der Waals surface area contributed by atoms with Crippen molar-refractivity contribution in [2.24, 2.45) is 0 Å². The molecule has 0 aliphatic heterocycles. The topological polar surface area (TPSA) is 3.24 Å². The van der Waals surface area contributed by atoms with Gasteiger partial charge in [0.2, 0.25) is 0 Å². The predicted octanol–water partition coefficient (Wildman–Crippen LogP) is 14.3. The van der Waals surface area contributed by atoms with Crippen molar-refractivity contribution in [2.45, 2.75) is 69.6 Å². The molecule has 0 atom stereocenters. The Bertz CT molecular complexity index is 2680. The highest BCUT2D eigenvalue weighted by Crippen LogP contribution is 2.59. The first kappa shape index (κ1) is 31.8. The second-order valence-electron chi connectivity index (χ2n) is 17.2. The number of rotatable bonds is 4. The van der Waals surface area contributed by atoms with Gasteiger partial charge in [0, 0.05) is 33.3 Å². The molecule has 7 aromatic carbocycles. The summed E-state index contributed by atoms with van der Waals surface area (Å²) in [7, 11) is 0. The molecule has 1 spiro atoms. The Morgan fingerprint density at radius 2 is 0.852 bits per heavy atom. The van der Waals surface area contributed by atoms with E-state index in [4.69, 9.17) is 0 Å². The summed E-state index contributed by atoms with van der Waals surface area (Å²) in [5.41, 5.74) is 23.0. The van der Waals surface area contributed by atoms with Crippen molar-refractivity contribution in [1.82, 2.24) is 0 Å². The Hall–Kier alpha value is -5.66. The zero-order chi connectivity index (χ0) is 36.4. The Morgan fingerprint density at radius 3 is 1.56 bits per heavy atom. The van der Waals surface area contributed by atoms with Crippen LogP contribution in [0.3, 0.4) is 0 Å². The fourth-order valence-corrected chi connectivity index (χ4v) is 11.3. The minimum Gasteiger partial charge on any atom is -0.310 e. The van der Waals surface area contributed by atoms with Crippen LogP contribution in [0.2, 0.25) is 0 Å². The fraction of sp³-hybridized carbons (Fsp3) is 0.208. The molecule has 1 nitrogen and oxygen atoms in total. The first-order chi connectivity index (χ1) is 26.3. The third-order valence-electron chi connectivity index (χ3n) is 13.8. The summed E-state index contributed by atoms with van der Waals surface area (Å²) in [5, 5.41) is 0. The normalized spacial score (nSPS) is 17.0. The molecule has 0 heterocycles. The SMILES string of the molecule is CC1(C)c2ccccc2-c2ccc(N(c3cccc(-c4cccc5c4C(C)(C)c4ccccc4-5)c3)c3ccc4c(c3)C3(CCCC3)c3ccccc3-4)cc21. The third kappa shape index (κ3) is 4.21. The molecule has 0 unspecified atom stereocenters. The second kappa shape index (κ2) is 11.2. The van der Waals surface area contributed by atoms with Gasteiger partial charge in [0.15, 0.2) is 0 Å². The van der Waals surface area contributed by atoms with Crippen LogP contribution in [0, 0.1) is 0 Å². The standard InChI is InChI=1S/C53H45N/c1-51(2)45-22-8-5-17-39(45)42-27-25-36(32-48(42)51)54(37-26-28-43-40-18-7-10-24-47(40)53(49(43)33-37)29-11-12-30-53)35-16-13-15-34(31-35)38-20-14-21-44-41-19-6-9-23-46(41)52(3,4)50(38)44/h5-10,13-28,31-33H,11-12,29-30H2,1-4H3. The molecule has 1 fully saturated rings. The largest absolute Gasteiger partial charge is 0.310 e. The lowest BCUT2D eigenvalue weighted by Gasteiger charge is -2.31. The summed E-state index contributed by atoms with van der Waals surface area (Å²) in [6.07, 6.45) is 5.01. The fourth-order valence-electron chi connectivity index (χ4n) is 11.3.